The van der Waals surface area contributed by atoms with E-state index in [9.17, 15) is 5.11 Å². The van der Waals surface area contributed by atoms with Gasteiger partial charge < -0.3 is 10.4 Å². The van der Waals surface area contributed by atoms with Crippen molar-refractivity contribution in [1.82, 2.24) is 10.3 Å². The number of nitrogens with zero attached hydrogens (tertiary/aromatic N) is 1. The predicted molar refractivity (Wildman–Crippen MR) is 88.7 cm³/mol. The molecule has 1 heterocycles. The largest absolute Gasteiger partial charge is 0.395 e. The van der Waals surface area contributed by atoms with E-state index in [0.717, 1.165) is 18.0 Å². The average molecular weight is 304 g/mol. The fourth-order valence-corrected chi connectivity index (χ4v) is 3.00. The lowest BCUT2D eigenvalue weighted by Crippen LogP contribution is -2.33. The van der Waals surface area contributed by atoms with Gasteiger partial charge in [-0.25, -0.2) is 4.98 Å². The molecule has 0 radical (unpaired) electrons. The lowest BCUT2D eigenvalue weighted by atomic mass is 9.98. The number of hydrogen-bond acceptors (Lipinski definition) is 4. The summed E-state index contributed by atoms with van der Waals surface area (Å²) in [7, 11) is 0. The van der Waals surface area contributed by atoms with Gasteiger partial charge in [-0.2, -0.15) is 0 Å². The maximum atomic E-state index is 9.53. The molecule has 0 amide bonds. The van der Waals surface area contributed by atoms with Crippen molar-refractivity contribution in [1.29, 1.82) is 0 Å². The van der Waals surface area contributed by atoms with Gasteiger partial charge in [0.2, 0.25) is 0 Å². The first-order chi connectivity index (χ1) is 9.99. The van der Waals surface area contributed by atoms with E-state index in [1.165, 1.54) is 10.4 Å². The van der Waals surface area contributed by atoms with E-state index in [4.69, 9.17) is 0 Å². The number of aliphatic hydroxyl groups excluding tert-OH is 1. The van der Waals surface area contributed by atoms with E-state index in [2.05, 4.69) is 43.2 Å². The molecule has 21 heavy (non-hydrogen) atoms. The highest BCUT2D eigenvalue weighted by Crippen LogP contribution is 2.26. The molecule has 0 bridgehead atoms. The fourth-order valence-electron chi connectivity index (χ4n) is 2.08. The maximum Gasteiger partial charge on any atom is 0.0981 e. The molecule has 1 atom stereocenters. The molecular formula is C17H24N2OS. The van der Waals surface area contributed by atoms with Gasteiger partial charge in [0, 0.05) is 29.1 Å². The van der Waals surface area contributed by atoms with E-state index in [-0.39, 0.29) is 18.1 Å². The third kappa shape index (κ3) is 4.92. The first kappa shape index (κ1) is 16.1. The standard InChI is InChI=1S/C17H24N2OS/c1-17(2,3)16-19-11-15(21-16)10-18-14(12-20)9-13-7-5-4-6-8-13/h4-8,11,14,18,20H,9-10,12H2,1-3H3/t14-/m0/s1. The Morgan fingerprint density at radius 2 is 1.95 bits per heavy atom. The van der Waals surface area contributed by atoms with E-state index in [1.807, 2.05) is 24.4 Å². The van der Waals surface area contributed by atoms with Crippen LogP contribution in [0.25, 0.3) is 0 Å². The van der Waals surface area contributed by atoms with Crippen molar-refractivity contribution in [3.63, 3.8) is 0 Å². The lowest BCUT2D eigenvalue weighted by Gasteiger charge is -2.16. The zero-order valence-corrected chi connectivity index (χ0v) is 13.8. The Balaban J connectivity index is 1.90. The van der Waals surface area contributed by atoms with Crippen LogP contribution in [0.1, 0.15) is 36.2 Å². The minimum atomic E-state index is 0.0765. The Morgan fingerprint density at radius 3 is 2.52 bits per heavy atom. The van der Waals surface area contributed by atoms with Crippen LogP contribution in [0.4, 0.5) is 0 Å². The summed E-state index contributed by atoms with van der Waals surface area (Å²) in [5.41, 5.74) is 1.34. The first-order valence-corrected chi connectivity index (χ1v) is 8.14. The molecule has 0 spiro atoms. The van der Waals surface area contributed by atoms with Crippen molar-refractivity contribution in [2.45, 2.75) is 45.2 Å². The smallest absolute Gasteiger partial charge is 0.0981 e. The minimum Gasteiger partial charge on any atom is -0.395 e. The molecule has 0 aliphatic rings. The van der Waals surface area contributed by atoms with Crippen LogP contribution in [-0.4, -0.2) is 22.7 Å². The number of nitrogens with one attached hydrogen (secondary N) is 1. The molecule has 2 aromatic rings. The number of rotatable bonds is 6. The zero-order valence-electron chi connectivity index (χ0n) is 13.0. The van der Waals surface area contributed by atoms with Crippen molar-refractivity contribution >= 4 is 11.3 Å². The number of aromatic nitrogens is 1. The normalized spacial score (nSPS) is 13.3. The highest BCUT2D eigenvalue weighted by molar-refractivity contribution is 7.11. The summed E-state index contributed by atoms with van der Waals surface area (Å²) in [5, 5.41) is 14.1. The van der Waals surface area contributed by atoms with Gasteiger partial charge >= 0.3 is 0 Å². The van der Waals surface area contributed by atoms with Gasteiger partial charge in [0.1, 0.15) is 0 Å². The topological polar surface area (TPSA) is 45.2 Å². The van der Waals surface area contributed by atoms with Crippen molar-refractivity contribution < 1.29 is 5.11 Å². The quantitative estimate of drug-likeness (QED) is 0.862. The van der Waals surface area contributed by atoms with Gasteiger partial charge in [-0.1, -0.05) is 51.1 Å². The monoisotopic (exact) mass is 304 g/mol. The third-order valence-electron chi connectivity index (χ3n) is 3.31. The molecule has 2 rings (SSSR count). The summed E-state index contributed by atoms with van der Waals surface area (Å²) < 4.78 is 0. The predicted octanol–water partition coefficient (Wildman–Crippen LogP) is 3.13. The zero-order chi connectivity index (χ0) is 15.3. The average Bonchev–Trinajstić information content (AvgIpc) is 2.93. The van der Waals surface area contributed by atoms with Gasteiger partial charge in [0.05, 0.1) is 11.6 Å². The third-order valence-corrected chi connectivity index (χ3v) is 4.73. The second-order valence-corrected chi connectivity index (χ2v) is 7.45. The highest BCUT2D eigenvalue weighted by atomic mass is 32.1. The molecule has 0 fully saturated rings. The Bertz CT molecular complexity index is 545. The summed E-state index contributed by atoms with van der Waals surface area (Å²) in [6.45, 7) is 7.42. The molecule has 0 saturated heterocycles. The second kappa shape index (κ2) is 7.16. The van der Waals surface area contributed by atoms with Crippen LogP contribution in [0.2, 0.25) is 0 Å². The summed E-state index contributed by atoms with van der Waals surface area (Å²) >= 11 is 1.74. The SMILES string of the molecule is CC(C)(C)c1ncc(CN[C@H](CO)Cc2ccccc2)s1. The fraction of sp³-hybridized carbons (Fsp3) is 0.471. The number of thiazole rings is 1. The van der Waals surface area contributed by atoms with Crippen LogP contribution in [0, 0.1) is 0 Å². The second-order valence-electron chi connectivity index (χ2n) is 6.33. The van der Waals surface area contributed by atoms with Gasteiger partial charge in [0.25, 0.3) is 0 Å². The van der Waals surface area contributed by atoms with Gasteiger partial charge in [-0.15, -0.1) is 11.3 Å². The van der Waals surface area contributed by atoms with Crippen LogP contribution < -0.4 is 5.32 Å². The molecule has 1 aromatic carbocycles. The molecule has 0 aliphatic carbocycles. The summed E-state index contributed by atoms with van der Waals surface area (Å²) in [6.07, 6.45) is 2.78. The molecule has 0 saturated carbocycles. The highest BCUT2D eigenvalue weighted by Gasteiger charge is 2.18. The Kier molecular flexibility index (Phi) is 5.51. The molecule has 3 nitrogen and oxygen atoms in total. The van der Waals surface area contributed by atoms with Crippen LogP contribution in [0.5, 0.6) is 0 Å². The van der Waals surface area contributed by atoms with Gasteiger partial charge in [-0.3, -0.25) is 0 Å². The summed E-state index contributed by atoms with van der Waals surface area (Å²) in [4.78, 5) is 5.71. The lowest BCUT2D eigenvalue weighted by molar-refractivity contribution is 0.241. The first-order valence-electron chi connectivity index (χ1n) is 7.32. The van der Waals surface area contributed by atoms with Crippen LogP contribution in [-0.2, 0) is 18.4 Å². The number of benzene rings is 1. The van der Waals surface area contributed by atoms with E-state index in [1.54, 1.807) is 11.3 Å². The molecular weight excluding hydrogens is 280 g/mol. The van der Waals surface area contributed by atoms with Crippen molar-refractivity contribution in [3.05, 3.63) is 52.0 Å². The summed E-state index contributed by atoms with van der Waals surface area (Å²) in [5.74, 6) is 0. The Hall–Kier alpha value is -1.23. The Morgan fingerprint density at radius 1 is 1.24 bits per heavy atom. The molecule has 2 N–H and O–H groups in total. The van der Waals surface area contributed by atoms with Crippen LogP contribution in [0.15, 0.2) is 36.5 Å². The molecule has 0 unspecified atom stereocenters. The molecule has 4 heteroatoms. The summed E-state index contributed by atoms with van der Waals surface area (Å²) in [6, 6.07) is 10.3. The van der Waals surface area contributed by atoms with Crippen LogP contribution in [0.3, 0.4) is 0 Å². The minimum absolute atomic E-state index is 0.0765. The van der Waals surface area contributed by atoms with Crippen molar-refractivity contribution in [3.8, 4) is 0 Å². The van der Waals surface area contributed by atoms with E-state index in [0.29, 0.717) is 0 Å². The van der Waals surface area contributed by atoms with Gasteiger partial charge in [0.15, 0.2) is 0 Å². The van der Waals surface area contributed by atoms with Gasteiger partial charge in [-0.05, 0) is 12.0 Å². The molecule has 114 valence electrons. The Labute approximate surface area is 131 Å². The molecule has 1 aromatic heterocycles. The molecule has 0 aliphatic heterocycles. The number of aliphatic hydroxyl groups is 1. The van der Waals surface area contributed by atoms with Crippen molar-refractivity contribution in [2.24, 2.45) is 0 Å². The maximum absolute atomic E-state index is 9.53. The number of hydrogen-bond donors (Lipinski definition) is 2. The van der Waals surface area contributed by atoms with E-state index >= 15 is 0 Å². The van der Waals surface area contributed by atoms with Crippen molar-refractivity contribution in [2.75, 3.05) is 6.61 Å². The van der Waals surface area contributed by atoms with E-state index < -0.39 is 0 Å². The van der Waals surface area contributed by atoms with Crippen LogP contribution >= 0.6 is 11.3 Å².